The van der Waals surface area contributed by atoms with Crippen molar-refractivity contribution in [3.05, 3.63) is 34.3 Å². The third kappa shape index (κ3) is 6.89. The Bertz CT molecular complexity index is 521. The summed E-state index contributed by atoms with van der Waals surface area (Å²) in [5.74, 6) is -0.372. The monoisotopic (exact) mass is 405 g/mol. The van der Waals surface area contributed by atoms with Gasteiger partial charge >= 0.3 is 0 Å². The average molecular weight is 407 g/mol. The molecule has 0 bridgehead atoms. The number of hydrogen-bond donors (Lipinski definition) is 3. The molecule has 1 rings (SSSR count). The van der Waals surface area contributed by atoms with Gasteiger partial charge in [0.2, 0.25) is 11.8 Å². The molecule has 0 saturated heterocycles. The van der Waals surface area contributed by atoms with Crippen molar-refractivity contribution in [2.24, 2.45) is 5.73 Å². The van der Waals surface area contributed by atoms with Crippen LogP contribution in [0.2, 0.25) is 0 Å². The molecule has 0 aromatic heterocycles. The predicted octanol–water partition coefficient (Wildman–Crippen LogP) is 2.47. The van der Waals surface area contributed by atoms with Crippen LogP contribution in [-0.2, 0) is 15.1 Å². The molecule has 0 radical (unpaired) electrons. The lowest BCUT2D eigenvalue weighted by atomic mass is 9.92. The van der Waals surface area contributed by atoms with E-state index >= 15 is 0 Å². The van der Waals surface area contributed by atoms with Crippen molar-refractivity contribution in [1.82, 2.24) is 10.6 Å². The van der Waals surface area contributed by atoms with E-state index in [4.69, 9.17) is 5.73 Å². The summed E-state index contributed by atoms with van der Waals surface area (Å²) in [5, 5.41) is 5.57. The third-order valence-corrected chi connectivity index (χ3v) is 4.10. The molecule has 4 N–H and O–H groups in total. The van der Waals surface area contributed by atoms with Gasteiger partial charge in [-0.05, 0) is 38.0 Å². The third-order valence-electron chi connectivity index (χ3n) is 3.57. The van der Waals surface area contributed by atoms with Crippen molar-refractivity contribution in [3.63, 3.8) is 0 Å². The van der Waals surface area contributed by atoms with E-state index in [0.717, 1.165) is 16.5 Å². The lowest BCUT2D eigenvalue weighted by Crippen LogP contribution is -2.49. The quantitative estimate of drug-likeness (QED) is 0.650. The lowest BCUT2D eigenvalue weighted by molar-refractivity contribution is -0.126. The minimum atomic E-state index is -1.13. The van der Waals surface area contributed by atoms with Gasteiger partial charge in [0.05, 0.1) is 0 Å². The normalized spacial score (nSPS) is 14.1. The van der Waals surface area contributed by atoms with Crippen LogP contribution >= 0.6 is 28.3 Å². The van der Waals surface area contributed by atoms with Gasteiger partial charge in [-0.1, -0.05) is 35.0 Å². The van der Waals surface area contributed by atoms with Gasteiger partial charge in [-0.3, -0.25) is 9.59 Å². The topological polar surface area (TPSA) is 84.2 Å². The Morgan fingerprint density at radius 3 is 2.39 bits per heavy atom. The van der Waals surface area contributed by atoms with Crippen LogP contribution in [0.4, 0.5) is 0 Å². The smallest absolute Gasteiger partial charge is 0.244 e. The molecule has 2 unspecified atom stereocenters. The number of hydrogen-bond acceptors (Lipinski definition) is 3. The first-order valence-electron chi connectivity index (χ1n) is 7.40. The summed E-state index contributed by atoms with van der Waals surface area (Å²) in [6, 6.07) is 7.44. The van der Waals surface area contributed by atoms with E-state index in [1.54, 1.807) is 19.1 Å². The zero-order valence-corrected chi connectivity index (χ0v) is 16.1. The van der Waals surface area contributed by atoms with E-state index in [1.165, 1.54) is 0 Å². The molecule has 130 valence electrons. The maximum Gasteiger partial charge on any atom is 0.244 e. The lowest BCUT2D eigenvalue weighted by Gasteiger charge is -2.24. The number of carbonyl (C=O) groups is 2. The number of halogens is 2. The first-order valence-corrected chi connectivity index (χ1v) is 8.19. The van der Waals surface area contributed by atoms with Crippen molar-refractivity contribution in [2.75, 3.05) is 6.54 Å². The van der Waals surface area contributed by atoms with Gasteiger partial charge in [0.15, 0.2) is 0 Å². The Morgan fingerprint density at radius 2 is 1.87 bits per heavy atom. The fourth-order valence-corrected chi connectivity index (χ4v) is 2.11. The van der Waals surface area contributed by atoms with Crippen LogP contribution in [0.25, 0.3) is 0 Å². The number of nitrogens with one attached hydrogen (secondary N) is 2. The SMILES string of the molecule is CCC(C)NC(=O)CCNC(=O)C(C)(N)c1ccc(Br)cc1.Cl. The molecule has 1 aromatic carbocycles. The number of carbonyl (C=O) groups excluding carboxylic acids is 2. The molecule has 0 aliphatic rings. The molecule has 0 fully saturated rings. The second-order valence-electron chi connectivity index (χ2n) is 5.59. The summed E-state index contributed by atoms with van der Waals surface area (Å²) >= 11 is 3.35. The van der Waals surface area contributed by atoms with Crippen LogP contribution in [0.1, 0.15) is 39.2 Å². The molecule has 0 saturated carbocycles. The molecule has 0 aliphatic heterocycles. The zero-order chi connectivity index (χ0) is 16.8. The second-order valence-corrected chi connectivity index (χ2v) is 6.51. The van der Waals surface area contributed by atoms with E-state index in [-0.39, 0.29) is 43.2 Å². The van der Waals surface area contributed by atoms with Gasteiger partial charge in [-0.25, -0.2) is 0 Å². The van der Waals surface area contributed by atoms with Gasteiger partial charge < -0.3 is 16.4 Å². The average Bonchev–Trinajstić information content (AvgIpc) is 2.47. The maximum atomic E-state index is 12.2. The number of benzene rings is 1. The van der Waals surface area contributed by atoms with E-state index in [9.17, 15) is 9.59 Å². The molecule has 23 heavy (non-hydrogen) atoms. The summed E-state index contributed by atoms with van der Waals surface area (Å²) in [7, 11) is 0. The van der Waals surface area contributed by atoms with Crippen LogP contribution in [0, 0.1) is 0 Å². The number of rotatable bonds is 7. The molecular weight excluding hydrogens is 382 g/mol. The van der Waals surface area contributed by atoms with Gasteiger partial charge in [0.25, 0.3) is 0 Å². The zero-order valence-electron chi connectivity index (χ0n) is 13.7. The van der Waals surface area contributed by atoms with Crippen molar-refractivity contribution in [3.8, 4) is 0 Å². The Labute approximate surface area is 152 Å². The molecule has 0 spiro atoms. The Hall–Kier alpha value is -1.11. The van der Waals surface area contributed by atoms with Crippen molar-refractivity contribution >= 4 is 40.2 Å². The highest BCUT2D eigenvalue weighted by atomic mass is 79.9. The Balaban J connectivity index is 0.00000484. The highest BCUT2D eigenvalue weighted by Crippen LogP contribution is 2.20. The molecule has 0 aliphatic carbocycles. The predicted molar refractivity (Wildman–Crippen MR) is 98.5 cm³/mol. The van der Waals surface area contributed by atoms with Crippen LogP contribution < -0.4 is 16.4 Å². The summed E-state index contributed by atoms with van der Waals surface area (Å²) in [6.45, 7) is 5.88. The maximum absolute atomic E-state index is 12.2. The molecule has 0 heterocycles. The van der Waals surface area contributed by atoms with Crippen molar-refractivity contribution in [2.45, 2.75) is 45.2 Å². The number of amides is 2. The minimum Gasteiger partial charge on any atom is -0.354 e. The summed E-state index contributed by atoms with van der Waals surface area (Å²) < 4.78 is 0.925. The first-order chi connectivity index (χ1) is 10.3. The van der Waals surface area contributed by atoms with Crippen LogP contribution in [0.3, 0.4) is 0 Å². The van der Waals surface area contributed by atoms with E-state index in [0.29, 0.717) is 0 Å². The molecule has 2 atom stereocenters. The fourth-order valence-electron chi connectivity index (χ4n) is 1.85. The van der Waals surface area contributed by atoms with Crippen LogP contribution in [0.5, 0.6) is 0 Å². The Kier molecular flexibility index (Phi) is 9.42. The fraction of sp³-hybridized carbons (Fsp3) is 0.500. The second kappa shape index (κ2) is 9.90. The number of nitrogens with two attached hydrogens (primary N) is 1. The van der Waals surface area contributed by atoms with Gasteiger partial charge in [-0.2, -0.15) is 0 Å². The van der Waals surface area contributed by atoms with Crippen molar-refractivity contribution in [1.29, 1.82) is 0 Å². The molecule has 5 nitrogen and oxygen atoms in total. The van der Waals surface area contributed by atoms with Crippen LogP contribution in [0.15, 0.2) is 28.7 Å². The summed E-state index contributed by atoms with van der Waals surface area (Å²) in [5.41, 5.74) is 5.71. The molecule has 7 heteroatoms. The molecule has 2 amide bonds. The standard InChI is InChI=1S/C16H24BrN3O2.ClH/c1-4-11(2)20-14(21)9-10-19-15(22)16(3,18)12-5-7-13(17)8-6-12;/h5-8,11H,4,9-10,18H2,1-3H3,(H,19,22)(H,20,21);1H. The van der Waals surface area contributed by atoms with E-state index < -0.39 is 5.54 Å². The first kappa shape index (κ1) is 21.9. The minimum absolute atomic E-state index is 0. The highest BCUT2D eigenvalue weighted by Gasteiger charge is 2.30. The summed E-state index contributed by atoms with van der Waals surface area (Å²) in [4.78, 5) is 23.9. The molecular formula is C16H25BrClN3O2. The summed E-state index contributed by atoms with van der Waals surface area (Å²) in [6.07, 6.45) is 1.12. The van der Waals surface area contributed by atoms with Gasteiger partial charge in [0, 0.05) is 23.5 Å². The Morgan fingerprint density at radius 1 is 1.30 bits per heavy atom. The van der Waals surface area contributed by atoms with Gasteiger partial charge in [0.1, 0.15) is 5.54 Å². The molecule has 1 aromatic rings. The van der Waals surface area contributed by atoms with Crippen molar-refractivity contribution < 1.29 is 9.59 Å². The largest absolute Gasteiger partial charge is 0.354 e. The van der Waals surface area contributed by atoms with Gasteiger partial charge in [-0.15, -0.1) is 12.4 Å². The van der Waals surface area contributed by atoms with E-state index in [1.807, 2.05) is 26.0 Å². The van der Waals surface area contributed by atoms with Crippen LogP contribution in [-0.4, -0.2) is 24.4 Å². The van der Waals surface area contributed by atoms with E-state index in [2.05, 4.69) is 26.6 Å². The highest BCUT2D eigenvalue weighted by molar-refractivity contribution is 9.10.